The average molecular weight is 253 g/mol. The molecule has 1 saturated heterocycles. The van der Waals surface area contributed by atoms with E-state index in [0.717, 1.165) is 12.1 Å². The molecule has 1 heterocycles. The van der Waals surface area contributed by atoms with Crippen LogP contribution in [0, 0.1) is 0 Å². The second kappa shape index (κ2) is 6.88. The van der Waals surface area contributed by atoms with Crippen LogP contribution in [0.4, 0.5) is 0 Å². The van der Waals surface area contributed by atoms with Crippen LogP contribution in [0.3, 0.4) is 0 Å². The summed E-state index contributed by atoms with van der Waals surface area (Å²) < 4.78 is 0. The van der Waals surface area contributed by atoms with E-state index < -0.39 is 0 Å². The van der Waals surface area contributed by atoms with Crippen LogP contribution in [0.2, 0.25) is 0 Å². The van der Waals surface area contributed by atoms with E-state index in [-0.39, 0.29) is 0 Å². The average Bonchev–Trinajstić information content (AvgIpc) is 2.40. The lowest BCUT2D eigenvalue weighted by molar-refractivity contribution is 0.0427. The maximum atomic E-state index is 3.79. The molecule has 106 valence electrons. The van der Waals surface area contributed by atoms with Crippen LogP contribution >= 0.6 is 0 Å². The van der Waals surface area contributed by atoms with Gasteiger partial charge in [0.1, 0.15) is 0 Å². The highest BCUT2D eigenvalue weighted by Crippen LogP contribution is 2.25. The summed E-state index contributed by atoms with van der Waals surface area (Å²) in [5.74, 6) is 0. The molecule has 0 radical (unpaired) electrons. The Morgan fingerprint density at radius 2 is 1.94 bits per heavy atom. The van der Waals surface area contributed by atoms with Crippen molar-refractivity contribution in [1.29, 1.82) is 0 Å². The third-order valence-electron chi connectivity index (χ3n) is 4.85. The molecule has 0 aromatic heterocycles. The number of hydrogen-bond acceptors (Lipinski definition) is 3. The van der Waals surface area contributed by atoms with Gasteiger partial charge in [-0.25, -0.2) is 0 Å². The molecule has 3 unspecified atom stereocenters. The van der Waals surface area contributed by atoms with Crippen molar-refractivity contribution in [3.05, 3.63) is 0 Å². The van der Waals surface area contributed by atoms with Crippen LogP contribution in [-0.2, 0) is 0 Å². The monoisotopic (exact) mass is 253 g/mol. The van der Waals surface area contributed by atoms with E-state index in [2.05, 4.69) is 36.0 Å². The highest BCUT2D eigenvalue weighted by atomic mass is 15.3. The maximum absolute atomic E-state index is 3.79. The zero-order valence-corrected chi connectivity index (χ0v) is 12.5. The normalized spacial score (nSPS) is 35.8. The van der Waals surface area contributed by atoms with E-state index in [9.17, 15) is 0 Å². The molecule has 1 saturated carbocycles. The van der Waals surface area contributed by atoms with Gasteiger partial charge in [-0.1, -0.05) is 19.8 Å². The van der Waals surface area contributed by atoms with Crippen LogP contribution in [0.25, 0.3) is 0 Å². The lowest BCUT2D eigenvalue weighted by Crippen LogP contribution is -2.59. The van der Waals surface area contributed by atoms with Gasteiger partial charge in [-0.05, 0) is 39.8 Å². The maximum Gasteiger partial charge on any atom is 0.0250 e. The number of likely N-dealkylation sites (N-methyl/N-ethyl adjacent to an activating group) is 1. The Hall–Kier alpha value is -0.120. The molecular formula is C15H31N3. The van der Waals surface area contributed by atoms with Crippen molar-refractivity contribution in [1.82, 2.24) is 15.1 Å². The molecule has 1 N–H and O–H groups in total. The van der Waals surface area contributed by atoms with E-state index in [0.29, 0.717) is 6.04 Å². The SMILES string of the molecule is CCCNC1CCCCC1N1CCN(C)C(C)C1. The van der Waals surface area contributed by atoms with Gasteiger partial charge in [0.2, 0.25) is 0 Å². The van der Waals surface area contributed by atoms with Crippen molar-refractivity contribution < 1.29 is 0 Å². The number of piperazine rings is 1. The standard InChI is InChI=1S/C15H31N3/c1-4-9-16-14-7-5-6-8-15(14)18-11-10-17(3)13(2)12-18/h13-16H,4-12H2,1-3H3. The van der Waals surface area contributed by atoms with Gasteiger partial charge in [0.25, 0.3) is 0 Å². The first-order valence-electron chi connectivity index (χ1n) is 7.90. The van der Waals surface area contributed by atoms with E-state index in [1.807, 2.05) is 0 Å². The first-order valence-corrected chi connectivity index (χ1v) is 7.90. The van der Waals surface area contributed by atoms with Gasteiger partial charge < -0.3 is 10.2 Å². The van der Waals surface area contributed by atoms with E-state index in [1.54, 1.807) is 0 Å². The Bertz CT molecular complexity index is 244. The number of hydrogen-bond donors (Lipinski definition) is 1. The number of nitrogens with one attached hydrogen (secondary N) is 1. The lowest BCUT2D eigenvalue weighted by atomic mass is 9.88. The van der Waals surface area contributed by atoms with Crippen molar-refractivity contribution in [3.8, 4) is 0 Å². The topological polar surface area (TPSA) is 18.5 Å². The van der Waals surface area contributed by atoms with Crippen LogP contribution < -0.4 is 5.32 Å². The molecule has 18 heavy (non-hydrogen) atoms. The fourth-order valence-electron chi connectivity index (χ4n) is 3.49. The highest BCUT2D eigenvalue weighted by molar-refractivity contribution is 4.91. The minimum Gasteiger partial charge on any atom is -0.312 e. The summed E-state index contributed by atoms with van der Waals surface area (Å²) in [6, 6.07) is 2.25. The minimum atomic E-state index is 0.715. The summed E-state index contributed by atoms with van der Waals surface area (Å²) in [7, 11) is 2.26. The smallest absolute Gasteiger partial charge is 0.0250 e. The molecule has 2 rings (SSSR count). The van der Waals surface area contributed by atoms with E-state index in [1.165, 1.54) is 58.3 Å². The molecule has 0 spiro atoms. The molecule has 1 aliphatic carbocycles. The second-order valence-corrected chi connectivity index (χ2v) is 6.24. The Balaban J connectivity index is 1.91. The number of nitrogens with zero attached hydrogens (tertiary/aromatic N) is 2. The first kappa shape index (κ1) is 14.3. The Morgan fingerprint density at radius 1 is 1.17 bits per heavy atom. The van der Waals surface area contributed by atoms with Crippen molar-refractivity contribution in [2.45, 2.75) is 64.1 Å². The molecule has 0 aromatic rings. The fourth-order valence-corrected chi connectivity index (χ4v) is 3.49. The largest absolute Gasteiger partial charge is 0.312 e. The molecular weight excluding hydrogens is 222 g/mol. The van der Waals surface area contributed by atoms with Gasteiger partial charge >= 0.3 is 0 Å². The number of rotatable bonds is 4. The van der Waals surface area contributed by atoms with E-state index >= 15 is 0 Å². The molecule has 0 amide bonds. The Kier molecular flexibility index (Phi) is 5.46. The van der Waals surface area contributed by atoms with Gasteiger partial charge in [0, 0.05) is 37.8 Å². The van der Waals surface area contributed by atoms with Crippen molar-refractivity contribution in [2.75, 3.05) is 33.2 Å². The summed E-state index contributed by atoms with van der Waals surface area (Å²) in [4.78, 5) is 5.25. The van der Waals surface area contributed by atoms with Crippen LogP contribution in [0.5, 0.6) is 0 Å². The van der Waals surface area contributed by atoms with Gasteiger partial charge in [-0.3, -0.25) is 4.90 Å². The third kappa shape index (κ3) is 3.46. The first-order chi connectivity index (χ1) is 8.72. The highest BCUT2D eigenvalue weighted by Gasteiger charge is 2.32. The van der Waals surface area contributed by atoms with Gasteiger partial charge in [0.05, 0.1) is 0 Å². The second-order valence-electron chi connectivity index (χ2n) is 6.24. The summed E-state index contributed by atoms with van der Waals surface area (Å²) in [5.41, 5.74) is 0. The predicted octanol–water partition coefficient (Wildman–Crippen LogP) is 1.93. The quantitative estimate of drug-likeness (QED) is 0.826. The molecule has 0 bridgehead atoms. The van der Waals surface area contributed by atoms with Crippen molar-refractivity contribution in [3.63, 3.8) is 0 Å². The summed E-state index contributed by atoms with van der Waals surface area (Å²) in [6.45, 7) is 9.57. The summed E-state index contributed by atoms with van der Waals surface area (Å²) in [5, 5.41) is 3.79. The molecule has 2 aliphatic rings. The Morgan fingerprint density at radius 3 is 2.67 bits per heavy atom. The summed E-state index contributed by atoms with van der Waals surface area (Å²) in [6.07, 6.45) is 6.88. The van der Waals surface area contributed by atoms with Crippen LogP contribution in [-0.4, -0.2) is 61.2 Å². The lowest BCUT2D eigenvalue weighted by Gasteiger charge is -2.46. The van der Waals surface area contributed by atoms with Gasteiger partial charge in [0.15, 0.2) is 0 Å². The molecule has 3 atom stereocenters. The Labute approximate surface area is 113 Å². The minimum absolute atomic E-state index is 0.715. The van der Waals surface area contributed by atoms with Crippen molar-refractivity contribution in [2.24, 2.45) is 0 Å². The van der Waals surface area contributed by atoms with Crippen LogP contribution in [0.15, 0.2) is 0 Å². The molecule has 3 heteroatoms. The molecule has 1 aliphatic heterocycles. The fraction of sp³-hybridized carbons (Fsp3) is 1.00. The van der Waals surface area contributed by atoms with Crippen LogP contribution in [0.1, 0.15) is 46.0 Å². The van der Waals surface area contributed by atoms with Gasteiger partial charge in [-0.2, -0.15) is 0 Å². The summed E-state index contributed by atoms with van der Waals surface area (Å²) >= 11 is 0. The predicted molar refractivity (Wildman–Crippen MR) is 78.0 cm³/mol. The molecule has 3 nitrogen and oxygen atoms in total. The molecule has 0 aromatic carbocycles. The third-order valence-corrected chi connectivity index (χ3v) is 4.85. The van der Waals surface area contributed by atoms with E-state index in [4.69, 9.17) is 0 Å². The van der Waals surface area contributed by atoms with Gasteiger partial charge in [-0.15, -0.1) is 0 Å². The zero-order chi connectivity index (χ0) is 13.0. The van der Waals surface area contributed by atoms with Crippen molar-refractivity contribution >= 4 is 0 Å². The zero-order valence-electron chi connectivity index (χ0n) is 12.5. The molecule has 2 fully saturated rings.